The van der Waals surface area contributed by atoms with Crippen molar-refractivity contribution in [2.45, 2.75) is 12.5 Å². The number of fused-ring (bicyclic) bond motifs is 1. The molecule has 0 spiro atoms. The Morgan fingerprint density at radius 2 is 1.67 bits per heavy atom. The molecule has 1 amide bonds. The molecule has 3 aromatic carbocycles. The number of hydrogen-bond donors (Lipinski definition) is 6. The number of carbonyl (C=O) groups is 2. The van der Waals surface area contributed by atoms with Gasteiger partial charge in [-0.25, -0.2) is 9.59 Å². The SMILES string of the molecule is O=C(N[C@@H](Cc1ccccc1)C(=O)O)Oc1ccc(-c2oc3cc(O)cc(O)c3c(=O)c2O)cc1O. The van der Waals surface area contributed by atoms with Crippen LogP contribution in [0.25, 0.3) is 22.3 Å². The molecular weight excluding hydrogens is 474 g/mol. The Balaban J connectivity index is 1.56. The number of aromatic hydroxyl groups is 4. The van der Waals surface area contributed by atoms with Crippen molar-refractivity contribution in [2.24, 2.45) is 0 Å². The van der Waals surface area contributed by atoms with E-state index in [-0.39, 0.29) is 40.2 Å². The molecule has 0 aliphatic heterocycles. The number of carboxylic acid groups (broad SMARTS) is 1. The Hall–Kier alpha value is -5.19. The molecular formula is C25H19NO10. The summed E-state index contributed by atoms with van der Waals surface area (Å²) < 4.78 is 10.5. The summed E-state index contributed by atoms with van der Waals surface area (Å²) in [5.74, 6) is -4.42. The molecule has 0 saturated heterocycles. The van der Waals surface area contributed by atoms with Gasteiger partial charge in [0.1, 0.15) is 28.5 Å². The molecule has 0 radical (unpaired) electrons. The second kappa shape index (κ2) is 9.58. The maximum atomic E-state index is 12.5. The predicted octanol–water partition coefficient (Wildman–Crippen LogP) is 3.07. The molecule has 4 rings (SSSR count). The zero-order chi connectivity index (χ0) is 26.0. The predicted molar refractivity (Wildman–Crippen MR) is 125 cm³/mol. The van der Waals surface area contributed by atoms with Crippen molar-refractivity contribution in [1.29, 1.82) is 0 Å². The number of aliphatic carboxylic acids is 1. The summed E-state index contributed by atoms with van der Waals surface area (Å²) in [5.41, 5.74) is -0.508. The quantitative estimate of drug-likeness (QED) is 0.233. The number of ether oxygens (including phenoxy) is 1. The van der Waals surface area contributed by atoms with Gasteiger partial charge in [0.2, 0.25) is 11.2 Å². The van der Waals surface area contributed by atoms with Crippen LogP contribution in [0.1, 0.15) is 5.56 Å². The molecule has 1 heterocycles. The van der Waals surface area contributed by atoms with Gasteiger partial charge >= 0.3 is 12.1 Å². The maximum Gasteiger partial charge on any atom is 0.413 e. The lowest BCUT2D eigenvalue weighted by molar-refractivity contribution is -0.139. The van der Waals surface area contributed by atoms with Crippen molar-refractivity contribution in [3.63, 3.8) is 0 Å². The fourth-order valence-electron chi connectivity index (χ4n) is 3.54. The molecule has 0 fully saturated rings. The molecule has 0 bridgehead atoms. The van der Waals surface area contributed by atoms with Gasteiger partial charge in [-0.05, 0) is 23.8 Å². The molecule has 11 nitrogen and oxygen atoms in total. The monoisotopic (exact) mass is 493 g/mol. The van der Waals surface area contributed by atoms with Crippen LogP contribution >= 0.6 is 0 Å². The van der Waals surface area contributed by atoms with Gasteiger partial charge in [0.05, 0.1) is 0 Å². The van der Waals surface area contributed by atoms with E-state index in [1.165, 1.54) is 6.07 Å². The first kappa shape index (κ1) is 24.0. The van der Waals surface area contributed by atoms with Crippen LogP contribution in [-0.2, 0) is 11.2 Å². The van der Waals surface area contributed by atoms with Gasteiger partial charge in [0.15, 0.2) is 17.3 Å². The Labute approximate surface area is 202 Å². The van der Waals surface area contributed by atoms with Crippen LogP contribution in [0.5, 0.6) is 28.7 Å². The van der Waals surface area contributed by atoms with Crippen LogP contribution in [0.15, 0.2) is 69.9 Å². The van der Waals surface area contributed by atoms with Crippen LogP contribution in [0, 0.1) is 0 Å². The third-order valence-corrected chi connectivity index (χ3v) is 5.23. The van der Waals surface area contributed by atoms with Gasteiger partial charge in [0.25, 0.3) is 0 Å². The van der Waals surface area contributed by atoms with Crippen LogP contribution in [0.2, 0.25) is 0 Å². The molecule has 184 valence electrons. The molecule has 1 aromatic heterocycles. The molecule has 6 N–H and O–H groups in total. The summed E-state index contributed by atoms with van der Waals surface area (Å²) in [4.78, 5) is 36.3. The molecule has 4 aromatic rings. The number of nitrogens with one attached hydrogen (secondary N) is 1. The zero-order valence-corrected chi connectivity index (χ0v) is 18.3. The second-order valence-electron chi connectivity index (χ2n) is 7.74. The average molecular weight is 493 g/mol. The van der Waals surface area contributed by atoms with E-state index < -0.39 is 40.8 Å². The van der Waals surface area contributed by atoms with Gasteiger partial charge < -0.3 is 40.0 Å². The minimum absolute atomic E-state index is 0.00156. The lowest BCUT2D eigenvalue weighted by atomic mass is 10.1. The number of hydrogen-bond acceptors (Lipinski definition) is 9. The van der Waals surface area contributed by atoms with Gasteiger partial charge in [-0.2, -0.15) is 0 Å². The van der Waals surface area contributed by atoms with Crippen LogP contribution in [-0.4, -0.2) is 43.6 Å². The zero-order valence-electron chi connectivity index (χ0n) is 18.3. The summed E-state index contributed by atoms with van der Waals surface area (Å²) in [6.45, 7) is 0. The molecule has 0 saturated carbocycles. The Morgan fingerprint density at radius 3 is 2.33 bits per heavy atom. The summed E-state index contributed by atoms with van der Waals surface area (Å²) in [6, 6.07) is 12.8. The third-order valence-electron chi connectivity index (χ3n) is 5.23. The molecule has 36 heavy (non-hydrogen) atoms. The van der Waals surface area contributed by atoms with Gasteiger partial charge in [-0.15, -0.1) is 0 Å². The van der Waals surface area contributed by atoms with Crippen molar-refractivity contribution in [3.8, 4) is 40.1 Å². The Kier molecular flexibility index (Phi) is 6.38. The van der Waals surface area contributed by atoms with E-state index in [4.69, 9.17) is 9.15 Å². The molecule has 1 atom stereocenters. The van der Waals surface area contributed by atoms with E-state index in [0.717, 1.165) is 24.3 Å². The number of amides is 1. The van der Waals surface area contributed by atoms with E-state index in [2.05, 4.69) is 5.32 Å². The molecule has 0 unspecified atom stereocenters. The highest BCUT2D eigenvalue weighted by atomic mass is 16.6. The number of carbonyl (C=O) groups excluding carboxylic acids is 1. The fraction of sp³-hybridized carbons (Fsp3) is 0.0800. The summed E-state index contributed by atoms with van der Waals surface area (Å²) in [6.07, 6.45) is -1.13. The van der Waals surface area contributed by atoms with Crippen molar-refractivity contribution >= 4 is 23.0 Å². The normalized spacial score (nSPS) is 11.7. The number of phenolic OH excluding ortho intramolecular Hbond substituents is 3. The highest BCUT2D eigenvalue weighted by Gasteiger charge is 2.23. The van der Waals surface area contributed by atoms with E-state index in [9.17, 15) is 39.9 Å². The fourth-order valence-corrected chi connectivity index (χ4v) is 3.54. The third kappa shape index (κ3) is 4.85. The average Bonchev–Trinajstić information content (AvgIpc) is 2.82. The van der Waals surface area contributed by atoms with Gasteiger partial charge in [0, 0.05) is 24.1 Å². The lowest BCUT2D eigenvalue weighted by Gasteiger charge is -2.15. The summed E-state index contributed by atoms with van der Waals surface area (Å²) in [7, 11) is 0. The number of carboxylic acids is 1. The topological polar surface area (TPSA) is 187 Å². The highest BCUT2D eigenvalue weighted by Crippen LogP contribution is 2.38. The number of benzene rings is 3. The first-order valence-electron chi connectivity index (χ1n) is 10.4. The van der Waals surface area contributed by atoms with E-state index in [1.807, 2.05) is 0 Å². The maximum absolute atomic E-state index is 12.5. The summed E-state index contributed by atoms with van der Waals surface area (Å²) in [5, 5.41) is 51.5. The van der Waals surface area contributed by atoms with Crippen LogP contribution in [0.3, 0.4) is 0 Å². The van der Waals surface area contributed by atoms with Gasteiger partial charge in [-0.1, -0.05) is 30.3 Å². The van der Waals surface area contributed by atoms with Crippen LogP contribution in [0.4, 0.5) is 4.79 Å². The van der Waals surface area contributed by atoms with E-state index in [1.54, 1.807) is 30.3 Å². The van der Waals surface area contributed by atoms with Crippen molar-refractivity contribution < 1.29 is 44.3 Å². The smallest absolute Gasteiger partial charge is 0.413 e. The first-order valence-corrected chi connectivity index (χ1v) is 10.4. The molecule has 0 aliphatic carbocycles. The highest BCUT2D eigenvalue weighted by molar-refractivity contribution is 5.88. The largest absolute Gasteiger partial charge is 0.508 e. The van der Waals surface area contributed by atoms with Crippen molar-refractivity contribution in [2.75, 3.05) is 0 Å². The minimum Gasteiger partial charge on any atom is -0.508 e. The number of rotatable bonds is 6. The first-order chi connectivity index (χ1) is 17.1. The van der Waals surface area contributed by atoms with E-state index >= 15 is 0 Å². The Bertz CT molecular complexity index is 1530. The molecule has 11 heteroatoms. The standard InChI is InChI=1S/C25H19NO10/c27-14-10-17(29)20-19(11-14)35-23(22(31)21(20)30)13-6-7-18(16(28)9-13)36-25(34)26-15(24(32)33)8-12-4-2-1-3-5-12/h1-7,9-11,15,27-29,31H,8H2,(H,26,34)(H,32,33)/t15-/m0/s1. The lowest BCUT2D eigenvalue weighted by Crippen LogP contribution is -2.43. The van der Waals surface area contributed by atoms with Gasteiger partial charge in [-0.3, -0.25) is 4.79 Å². The van der Waals surface area contributed by atoms with Crippen molar-refractivity contribution in [3.05, 3.63) is 76.5 Å². The summed E-state index contributed by atoms with van der Waals surface area (Å²) >= 11 is 0. The van der Waals surface area contributed by atoms with Crippen LogP contribution < -0.4 is 15.5 Å². The minimum atomic E-state index is -1.29. The van der Waals surface area contributed by atoms with Crippen molar-refractivity contribution in [1.82, 2.24) is 5.32 Å². The Morgan fingerprint density at radius 1 is 0.944 bits per heavy atom. The van der Waals surface area contributed by atoms with E-state index in [0.29, 0.717) is 5.56 Å². The molecule has 0 aliphatic rings. The second-order valence-corrected chi connectivity index (χ2v) is 7.74. The number of phenols is 3.